The monoisotopic (exact) mass is 340 g/mol. The zero-order valence-corrected chi connectivity index (χ0v) is 14.0. The van der Waals surface area contributed by atoms with Crippen LogP contribution in [0.15, 0.2) is 18.3 Å². The van der Waals surface area contributed by atoms with E-state index < -0.39 is 5.67 Å². The number of hydrogen-bond donors (Lipinski definition) is 1. The van der Waals surface area contributed by atoms with Crippen molar-refractivity contribution in [3.05, 3.63) is 29.9 Å². The second-order valence-corrected chi connectivity index (χ2v) is 5.77. The van der Waals surface area contributed by atoms with E-state index in [4.69, 9.17) is 19.3 Å². The van der Waals surface area contributed by atoms with Gasteiger partial charge in [0.1, 0.15) is 5.67 Å². The highest BCUT2D eigenvalue weighted by Crippen LogP contribution is 2.34. The van der Waals surface area contributed by atoms with Gasteiger partial charge in [0.25, 0.3) is 0 Å². The average molecular weight is 340 g/mol. The van der Waals surface area contributed by atoms with E-state index in [0.717, 1.165) is 5.57 Å². The van der Waals surface area contributed by atoms with Crippen molar-refractivity contribution >= 4 is 5.57 Å². The minimum Gasteiger partial charge on any atom is -0.390 e. The lowest BCUT2D eigenvalue weighted by atomic mass is 9.87. The van der Waals surface area contributed by atoms with Gasteiger partial charge in [-0.2, -0.15) is 0 Å². The summed E-state index contributed by atoms with van der Waals surface area (Å²) in [6.45, 7) is 1.79. The fourth-order valence-electron chi connectivity index (χ4n) is 2.46. The van der Waals surface area contributed by atoms with Crippen LogP contribution in [0.4, 0.5) is 4.39 Å². The fourth-order valence-corrected chi connectivity index (χ4v) is 2.46. The SMILES string of the molecule is COCCOCCOCC1(F)CC=C(c2nccc(CO)n2)CC1. The van der Waals surface area contributed by atoms with Crippen molar-refractivity contribution in [3.63, 3.8) is 0 Å². The first-order valence-corrected chi connectivity index (χ1v) is 8.12. The van der Waals surface area contributed by atoms with Gasteiger partial charge in [-0.1, -0.05) is 6.08 Å². The van der Waals surface area contributed by atoms with E-state index in [1.165, 1.54) is 0 Å². The Balaban J connectivity index is 1.76. The van der Waals surface area contributed by atoms with Gasteiger partial charge in [0.15, 0.2) is 5.82 Å². The van der Waals surface area contributed by atoms with Gasteiger partial charge >= 0.3 is 0 Å². The number of alkyl halides is 1. The molecule has 1 aliphatic carbocycles. The molecule has 134 valence electrons. The van der Waals surface area contributed by atoms with Gasteiger partial charge in [-0.15, -0.1) is 0 Å². The number of aliphatic hydroxyl groups is 1. The molecule has 24 heavy (non-hydrogen) atoms. The minimum atomic E-state index is -1.36. The first-order valence-electron chi connectivity index (χ1n) is 8.12. The molecule has 0 amide bonds. The van der Waals surface area contributed by atoms with Crippen LogP contribution in [-0.2, 0) is 20.8 Å². The smallest absolute Gasteiger partial charge is 0.155 e. The summed E-state index contributed by atoms with van der Waals surface area (Å²) in [5, 5.41) is 9.13. The van der Waals surface area contributed by atoms with Crippen molar-refractivity contribution in [3.8, 4) is 0 Å². The van der Waals surface area contributed by atoms with E-state index in [1.54, 1.807) is 19.4 Å². The number of nitrogens with zero attached hydrogens (tertiary/aromatic N) is 2. The van der Waals surface area contributed by atoms with Crippen LogP contribution in [0, 0.1) is 0 Å². The average Bonchev–Trinajstić information content (AvgIpc) is 2.61. The Hall–Kier alpha value is -1.41. The summed E-state index contributed by atoms with van der Waals surface area (Å²) >= 11 is 0. The normalized spacial score (nSPS) is 20.9. The highest BCUT2D eigenvalue weighted by atomic mass is 19.1. The van der Waals surface area contributed by atoms with Crippen molar-refractivity contribution in [1.82, 2.24) is 9.97 Å². The largest absolute Gasteiger partial charge is 0.390 e. The highest BCUT2D eigenvalue weighted by molar-refractivity contribution is 5.61. The molecule has 0 radical (unpaired) electrons. The summed E-state index contributed by atoms with van der Waals surface area (Å²) in [6.07, 6.45) is 4.64. The lowest BCUT2D eigenvalue weighted by molar-refractivity contribution is -0.0213. The first kappa shape index (κ1) is 18.9. The molecular formula is C17H25FN2O4. The van der Waals surface area contributed by atoms with Gasteiger partial charge in [0.05, 0.1) is 45.3 Å². The Morgan fingerprint density at radius 1 is 1.25 bits per heavy atom. The number of hydrogen-bond acceptors (Lipinski definition) is 6. The molecule has 6 nitrogen and oxygen atoms in total. The molecule has 0 saturated carbocycles. The molecule has 2 rings (SSSR count). The summed E-state index contributed by atoms with van der Waals surface area (Å²) in [5.74, 6) is 0.566. The zero-order chi connectivity index (χ0) is 17.3. The molecule has 1 aliphatic rings. The molecule has 1 aromatic rings. The van der Waals surface area contributed by atoms with E-state index in [-0.39, 0.29) is 19.6 Å². The summed E-state index contributed by atoms with van der Waals surface area (Å²) in [6, 6.07) is 1.66. The van der Waals surface area contributed by atoms with E-state index in [0.29, 0.717) is 50.8 Å². The van der Waals surface area contributed by atoms with Crippen LogP contribution < -0.4 is 0 Å². The van der Waals surface area contributed by atoms with Gasteiger partial charge in [0.2, 0.25) is 0 Å². The molecule has 7 heteroatoms. The maximum Gasteiger partial charge on any atom is 0.155 e. The Bertz CT molecular complexity index is 541. The van der Waals surface area contributed by atoms with Crippen molar-refractivity contribution in [2.45, 2.75) is 31.5 Å². The number of halogens is 1. The van der Waals surface area contributed by atoms with Crippen LogP contribution in [0.2, 0.25) is 0 Å². The third-order valence-electron chi connectivity index (χ3n) is 3.88. The number of aliphatic hydroxyl groups excluding tert-OH is 1. The third-order valence-corrected chi connectivity index (χ3v) is 3.88. The maximum absolute atomic E-state index is 14.7. The number of rotatable bonds is 10. The number of allylic oxidation sites excluding steroid dienone is 2. The lowest BCUT2D eigenvalue weighted by Crippen LogP contribution is -2.32. The molecule has 0 aliphatic heterocycles. The molecular weight excluding hydrogens is 315 g/mol. The Morgan fingerprint density at radius 3 is 2.75 bits per heavy atom. The van der Waals surface area contributed by atoms with Crippen molar-refractivity contribution in [2.24, 2.45) is 0 Å². The molecule has 0 bridgehead atoms. The van der Waals surface area contributed by atoms with Crippen LogP contribution in [-0.4, -0.2) is 60.9 Å². The van der Waals surface area contributed by atoms with Crippen LogP contribution in [0.25, 0.3) is 5.57 Å². The lowest BCUT2D eigenvalue weighted by Gasteiger charge is -2.28. The van der Waals surface area contributed by atoms with E-state index in [2.05, 4.69) is 9.97 Å². The van der Waals surface area contributed by atoms with Gasteiger partial charge in [-0.25, -0.2) is 14.4 Å². The highest BCUT2D eigenvalue weighted by Gasteiger charge is 2.32. The van der Waals surface area contributed by atoms with Crippen LogP contribution in [0.3, 0.4) is 0 Å². The van der Waals surface area contributed by atoms with Gasteiger partial charge in [-0.3, -0.25) is 0 Å². The maximum atomic E-state index is 14.7. The van der Waals surface area contributed by atoms with Gasteiger partial charge in [0, 0.05) is 19.7 Å². The quantitative estimate of drug-likeness (QED) is 0.656. The molecule has 0 saturated heterocycles. The Labute approximate surface area is 141 Å². The van der Waals surface area contributed by atoms with Crippen molar-refractivity contribution in [1.29, 1.82) is 0 Å². The molecule has 0 fully saturated rings. The summed E-state index contributed by atoms with van der Waals surface area (Å²) in [4.78, 5) is 8.46. The molecule has 1 N–H and O–H groups in total. The van der Waals surface area contributed by atoms with E-state index >= 15 is 0 Å². The number of aromatic nitrogens is 2. The van der Waals surface area contributed by atoms with Crippen molar-refractivity contribution in [2.75, 3.05) is 40.1 Å². The zero-order valence-electron chi connectivity index (χ0n) is 14.0. The number of methoxy groups -OCH3 is 1. The van der Waals surface area contributed by atoms with Crippen LogP contribution in [0.1, 0.15) is 30.8 Å². The molecule has 1 aromatic heterocycles. The topological polar surface area (TPSA) is 73.7 Å². The fraction of sp³-hybridized carbons (Fsp3) is 0.647. The minimum absolute atomic E-state index is 0.0575. The van der Waals surface area contributed by atoms with Gasteiger partial charge < -0.3 is 19.3 Å². The van der Waals surface area contributed by atoms with Crippen LogP contribution in [0.5, 0.6) is 0 Å². The first-order chi connectivity index (χ1) is 11.7. The predicted molar refractivity (Wildman–Crippen MR) is 87.1 cm³/mol. The second-order valence-electron chi connectivity index (χ2n) is 5.77. The Morgan fingerprint density at radius 2 is 2.04 bits per heavy atom. The summed E-state index contributed by atoms with van der Waals surface area (Å²) in [7, 11) is 1.61. The molecule has 1 atom stereocenters. The van der Waals surface area contributed by atoms with E-state index in [1.807, 2.05) is 6.08 Å². The standard InChI is InChI=1S/C17H25FN2O4/c1-22-8-9-23-10-11-24-13-17(18)5-2-14(3-6-17)16-19-7-4-15(12-21)20-16/h2,4,7,21H,3,5-6,8-13H2,1H3. The predicted octanol–water partition coefficient (Wildman–Crippen LogP) is 1.92. The van der Waals surface area contributed by atoms with Crippen molar-refractivity contribution < 1.29 is 23.7 Å². The van der Waals surface area contributed by atoms with Gasteiger partial charge in [-0.05, 0) is 24.5 Å². The Kier molecular flexibility index (Phi) is 7.71. The van der Waals surface area contributed by atoms with E-state index in [9.17, 15) is 4.39 Å². The summed E-state index contributed by atoms with van der Waals surface area (Å²) < 4.78 is 30.3. The van der Waals surface area contributed by atoms with Crippen LogP contribution >= 0.6 is 0 Å². The summed E-state index contributed by atoms with van der Waals surface area (Å²) in [5.41, 5.74) is 0.126. The third kappa shape index (κ3) is 5.90. The molecule has 1 unspecified atom stereocenters. The number of ether oxygens (including phenoxy) is 3. The molecule has 1 heterocycles. The second kappa shape index (κ2) is 9.78. The molecule has 0 spiro atoms. The molecule has 0 aromatic carbocycles.